The van der Waals surface area contributed by atoms with Crippen molar-refractivity contribution in [2.24, 2.45) is 5.92 Å². The fraction of sp³-hybridized carbons (Fsp3) is 0.833. The van der Waals surface area contributed by atoms with E-state index >= 15 is 0 Å². The molecule has 0 aliphatic carbocycles. The average Bonchev–Trinajstić information content (AvgIpc) is 2.05. The Kier molecular flexibility index (Phi) is 3.02. The van der Waals surface area contributed by atoms with Crippen LogP contribution in [0.3, 0.4) is 0 Å². The van der Waals surface area contributed by atoms with Gasteiger partial charge in [-0.2, -0.15) is 0 Å². The number of hydrogen-bond acceptors (Lipinski definition) is 4. The zero-order chi connectivity index (χ0) is 7.40. The SMILES string of the molecule is COC(=O)C1COCSC1. The Hall–Kier alpha value is -0.220. The van der Waals surface area contributed by atoms with Crippen molar-refractivity contribution in [1.82, 2.24) is 0 Å². The van der Waals surface area contributed by atoms with E-state index in [9.17, 15) is 4.79 Å². The summed E-state index contributed by atoms with van der Waals surface area (Å²) in [5.41, 5.74) is 0. The van der Waals surface area contributed by atoms with E-state index in [1.807, 2.05) is 0 Å². The van der Waals surface area contributed by atoms with Crippen LogP contribution < -0.4 is 0 Å². The number of rotatable bonds is 1. The predicted molar refractivity (Wildman–Crippen MR) is 38.8 cm³/mol. The Morgan fingerprint density at radius 1 is 1.80 bits per heavy atom. The highest BCUT2D eigenvalue weighted by Gasteiger charge is 2.22. The fourth-order valence-corrected chi connectivity index (χ4v) is 1.62. The van der Waals surface area contributed by atoms with Gasteiger partial charge in [0, 0.05) is 5.75 Å². The van der Waals surface area contributed by atoms with E-state index in [1.165, 1.54) is 7.11 Å². The lowest BCUT2D eigenvalue weighted by molar-refractivity contribution is -0.146. The molecule has 1 unspecified atom stereocenters. The van der Waals surface area contributed by atoms with Gasteiger partial charge in [0.15, 0.2) is 0 Å². The second-order valence-electron chi connectivity index (χ2n) is 2.08. The number of carbonyl (C=O) groups is 1. The predicted octanol–water partition coefficient (Wildman–Crippen LogP) is 0.496. The quantitative estimate of drug-likeness (QED) is 0.526. The largest absolute Gasteiger partial charge is 0.469 e. The van der Waals surface area contributed by atoms with E-state index in [1.54, 1.807) is 11.8 Å². The number of hydrogen-bond donors (Lipinski definition) is 0. The smallest absolute Gasteiger partial charge is 0.311 e. The minimum absolute atomic E-state index is 0.0521. The third-order valence-corrected chi connectivity index (χ3v) is 2.31. The number of methoxy groups -OCH3 is 1. The number of ether oxygens (including phenoxy) is 2. The maximum Gasteiger partial charge on any atom is 0.311 e. The molecule has 1 aliphatic rings. The summed E-state index contributed by atoms with van der Waals surface area (Å²) in [5.74, 6) is 1.32. The second kappa shape index (κ2) is 3.83. The first-order valence-electron chi connectivity index (χ1n) is 3.08. The van der Waals surface area contributed by atoms with Gasteiger partial charge in [0.25, 0.3) is 0 Å². The van der Waals surface area contributed by atoms with Gasteiger partial charge >= 0.3 is 5.97 Å². The Labute approximate surface area is 64.1 Å². The molecule has 0 aromatic rings. The van der Waals surface area contributed by atoms with Crippen molar-refractivity contribution in [2.75, 3.05) is 25.4 Å². The van der Waals surface area contributed by atoms with E-state index in [-0.39, 0.29) is 11.9 Å². The summed E-state index contributed by atoms with van der Waals surface area (Å²) in [6.45, 7) is 0.514. The molecular formula is C6H10O3S. The van der Waals surface area contributed by atoms with Crippen LogP contribution in [0.4, 0.5) is 0 Å². The summed E-state index contributed by atoms with van der Waals surface area (Å²) in [7, 11) is 1.40. The summed E-state index contributed by atoms with van der Waals surface area (Å²) in [4.78, 5) is 10.9. The molecule has 58 valence electrons. The van der Waals surface area contributed by atoms with E-state index in [0.29, 0.717) is 12.5 Å². The van der Waals surface area contributed by atoms with Crippen molar-refractivity contribution in [3.05, 3.63) is 0 Å². The lowest BCUT2D eigenvalue weighted by Gasteiger charge is -2.18. The molecule has 1 rings (SSSR count). The lowest BCUT2D eigenvalue weighted by Crippen LogP contribution is -2.27. The number of carbonyl (C=O) groups excluding carboxylic acids is 1. The molecule has 3 nitrogen and oxygen atoms in total. The van der Waals surface area contributed by atoms with Crippen LogP contribution in [-0.2, 0) is 14.3 Å². The first-order valence-corrected chi connectivity index (χ1v) is 4.23. The van der Waals surface area contributed by atoms with Crippen LogP contribution in [0.5, 0.6) is 0 Å². The van der Waals surface area contributed by atoms with E-state index in [2.05, 4.69) is 4.74 Å². The third kappa shape index (κ3) is 1.88. The highest BCUT2D eigenvalue weighted by atomic mass is 32.2. The maximum absolute atomic E-state index is 10.9. The van der Waals surface area contributed by atoms with E-state index in [4.69, 9.17) is 4.74 Å². The molecule has 0 aromatic carbocycles. The van der Waals surface area contributed by atoms with Crippen molar-refractivity contribution >= 4 is 17.7 Å². The van der Waals surface area contributed by atoms with Crippen LogP contribution in [0.15, 0.2) is 0 Å². The van der Waals surface area contributed by atoms with Gasteiger partial charge in [-0.25, -0.2) is 0 Å². The molecule has 1 heterocycles. The molecule has 10 heavy (non-hydrogen) atoms. The molecule has 0 N–H and O–H groups in total. The molecule has 0 saturated carbocycles. The zero-order valence-electron chi connectivity index (χ0n) is 5.83. The highest BCUT2D eigenvalue weighted by molar-refractivity contribution is 7.99. The maximum atomic E-state index is 10.9. The van der Waals surface area contributed by atoms with Gasteiger partial charge in [0.05, 0.1) is 25.6 Å². The van der Waals surface area contributed by atoms with Crippen LogP contribution >= 0.6 is 11.8 Å². The van der Waals surface area contributed by atoms with E-state index < -0.39 is 0 Å². The van der Waals surface area contributed by atoms with Crippen molar-refractivity contribution in [1.29, 1.82) is 0 Å². The number of thioether (sulfide) groups is 1. The molecule has 0 bridgehead atoms. The van der Waals surface area contributed by atoms with Gasteiger partial charge in [-0.3, -0.25) is 4.79 Å². The Balaban J connectivity index is 2.31. The monoisotopic (exact) mass is 162 g/mol. The molecule has 1 aliphatic heterocycles. The molecular weight excluding hydrogens is 152 g/mol. The summed E-state index contributed by atoms with van der Waals surface area (Å²) in [6, 6.07) is 0. The molecule has 1 fully saturated rings. The van der Waals surface area contributed by atoms with Crippen molar-refractivity contribution in [2.45, 2.75) is 0 Å². The minimum atomic E-state index is -0.160. The first kappa shape index (κ1) is 7.88. The Morgan fingerprint density at radius 2 is 2.60 bits per heavy atom. The molecule has 0 radical (unpaired) electrons. The van der Waals surface area contributed by atoms with Gasteiger partial charge < -0.3 is 9.47 Å². The first-order chi connectivity index (χ1) is 4.84. The third-order valence-electron chi connectivity index (χ3n) is 1.34. The molecule has 1 atom stereocenters. The van der Waals surface area contributed by atoms with Crippen LogP contribution in [0.1, 0.15) is 0 Å². The normalized spacial score (nSPS) is 25.9. The molecule has 4 heteroatoms. The summed E-state index contributed by atoms with van der Waals surface area (Å²) in [6.07, 6.45) is 0. The lowest BCUT2D eigenvalue weighted by atomic mass is 10.2. The Morgan fingerprint density at radius 3 is 3.10 bits per heavy atom. The zero-order valence-corrected chi connectivity index (χ0v) is 6.65. The van der Waals surface area contributed by atoms with Gasteiger partial charge in [-0.15, -0.1) is 11.8 Å². The molecule has 0 spiro atoms. The average molecular weight is 162 g/mol. The van der Waals surface area contributed by atoms with Crippen LogP contribution in [0.25, 0.3) is 0 Å². The standard InChI is InChI=1S/C6H10O3S/c1-8-6(7)5-2-9-4-10-3-5/h5H,2-4H2,1H3. The summed E-state index contributed by atoms with van der Waals surface area (Å²) < 4.78 is 9.62. The number of esters is 1. The summed E-state index contributed by atoms with van der Waals surface area (Å²) >= 11 is 1.62. The topological polar surface area (TPSA) is 35.5 Å². The van der Waals surface area contributed by atoms with Gasteiger partial charge in [-0.05, 0) is 0 Å². The fourth-order valence-electron chi connectivity index (χ4n) is 0.791. The van der Waals surface area contributed by atoms with Crippen molar-refractivity contribution in [3.63, 3.8) is 0 Å². The second-order valence-corrected chi connectivity index (χ2v) is 3.06. The van der Waals surface area contributed by atoms with Gasteiger partial charge in [0.2, 0.25) is 0 Å². The molecule has 0 aromatic heterocycles. The van der Waals surface area contributed by atoms with Gasteiger partial charge in [-0.1, -0.05) is 0 Å². The van der Waals surface area contributed by atoms with Crippen LogP contribution in [-0.4, -0.2) is 31.4 Å². The Bertz CT molecular complexity index is 120. The minimum Gasteiger partial charge on any atom is -0.469 e. The molecule has 0 amide bonds. The highest BCUT2D eigenvalue weighted by Crippen LogP contribution is 2.16. The van der Waals surface area contributed by atoms with Crippen LogP contribution in [0, 0.1) is 5.92 Å². The van der Waals surface area contributed by atoms with E-state index in [0.717, 1.165) is 5.75 Å². The van der Waals surface area contributed by atoms with Gasteiger partial charge in [0.1, 0.15) is 0 Å². The van der Waals surface area contributed by atoms with Crippen molar-refractivity contribution < 1.29 is 14.3 Å². The summed E-state index contributed by atoms with van der Waals surface area (Å²) in [5, 5.41) is 0. The van der Waals surface area contributed by atoms with Crippen molar-refractivity contribution in [3.8, 4) is 0 Å². The van der Waals surface area contributed by atoms with Crippen LogP contribution in [0.2, 0.25) is 0 Å². The molecule has 1 saturated heterocycles.